The third kappa shape index (κ3) is 8.48. The van der Waals surface area contributed by atoms with Crippen molar-refractivity contribution < 1.29 is 9.90 Å². The number of aliphatic hydroxyl groups is 1. The number of unbranched alkanes of at least 4 members (excludes halogenated alkanes) is 4. The zero-order valence-corrected chi connectivity index (χ0v) is 12.2. The van der Waals surface area contributed by atoms with E-state index in [4.69, 9.17) is 5.11 Å². The SMILES string of the molecule is CCCCCNC(=O)C(C)N(C)CCCCCO. The fourth-order valence-corrected chi connectivity index (χ4v) is 1.78. The Morgan fingerprint density at radius 1 is 1.22 bits per heavy atom. The average Bonchev–Trinajstić information content (AvgIpc) is 2.38. The van der Waals surface area contributed by atoms with Crippen molar-refractivity contribution in [2.45, 2.75) is 58.4 Å². The van der Waals surface area contributed by atoms with E-state index in [-0.39, 0.29) is 18.6 Å². The summed E-state index contributed by atoms with van der Waals surface area (Å²) in [7, 11) is 1.98. The van der Waals surface area contributed by atoms with Crippen molar-refractivity contribution >= 4 is 5.91 Å². The maximum Gasteiger partial charge on any atom is 0.237 e. The van der Waals surface area contributed by atoms with Crippen LogP contribution >= 0.6 is 0 Å². The van der Waals surface area contributed by atoms with Crippen molar-refractivity contribution in [1.29, 1.82) is 0 Å². The molecule has 1 atom stereocenters. The van der Waals surface area contributed by atoms with E-state index >= 15 is 0 Å². The Labute approximate surface area is 112 Å². The first-order chi connectivity index (χ1) is 8.63. The smallest absolute Gasteiger partial charge is 0.237 e. The number of hydrogen-bond acceptors (Lipinski definition) is 3. The third-order valence-electron chi connectivity index (χ3n) is 3.29. The number of carbonyl (C=O) groups is 1. The Bertz CT molecular complexity index is 210. The number of hydrogen-bond donors (Lipinski definition) is 2. The predicted octanol–water partition coefficient (Wildman–Crippen LogP) is 1.78. The molecule has 0 aliphatic heterocycles. The van der Waals surface area contributed by atoms with Crippen LogP contribution in [0.3, 0.4) is 0 Å². The van der Waals surface area contributed by atoms with Gasteiger partial charge in [-0.1, -0.05) is 19.8 Å². The van der Waals surface area contributed by atoms with E-state index in [2.05, 4.69) is 17.1 Å². The van der Waals surface area contributed by atoms with Crippen LogP contribution in [-0.2, 0) is 4.79 Å². The summed E-state index contributed by atoms with van der Waals surface area (Å²) in [6.07, 6.45) is 6.32. The fraction of sp³-hybridized carbons (Fsp3) is 0.929. The Kier molecular flexibility index (Phi) is 11.1. The van der Waals surface area contributed by atoms with Crippen LogP contribution in [0, 0.1) is 0 Å². The molecule has 108 valence electrons. The lowest BCUT2D eigenvalue weighted by Crippen LogP contribution is -2.43. The van der Waals surface area contributed by atoms with Gasteiger partial charge in [0.1, 0.15) is 0 Å². The second kappa shape index (κ2) is 11.5. The number of carbonyl (C=O) groups excluding carboxylic acids is 1. The molecule has 0 saturated carbocycles. The molecule has 0 aliphatic carbocycles. The molecule has 0 aromatic rings. The van der Waals surface area contributed by atoms with Gasteiger partial charge in [0.05, 0.1) is 6.04 Å². The minimum absolute atomic E-state index is 0.0687. The van der Waals surface area contributed by atoms with Gasteiger partial charge in [0.15, 0.2) is 0 Å². The summed E-state index contributed by atoms with van der Waals surface area (Å²) in [5, 5.41) is 11.7. The highest BCUT2D eigenvalue weighted by Gasteiger charge is 2.16. The molecule has 0 fully saturated rings. The summed E-state index contributed by atoms with van der Waals surface area (Å²) in [4.78, 5) is 13.9. The molecule has 4 heteroatoms. The minimum Gasteiger partial charge on any atom is -0.396 e. The lowest BCUT2D eigenvalue weighted by Gasteiger charge is -2.23. The molecular weight excluding hydrogens is 228 g/mol. The topological polar surface area (TPSA) is 52.6 Å². The maximum atomic E-state index is 11.8. The monoisotopic (exact) mass is 258 g/mol. The van der Waals surface area contributed by atoms with E-state index in [0.717, 1.165) is 38.8 Å². The highest BCUT2D eigenvalue weighted by atomic mass is 16.2. The van der Waals surface area contributed by atoms with Gasteiger partial charge >= 0.3 is 0 Å². The molecule has 2 N–H and O–H groups in total. The van der Waals surface area contributed by atoms with Crippen molar-refractivity contribution in [3.8, 4) is 0 Å². The summed E-state index contributed by atoms with van der Waals surface area (Å²) >= 11 is 0. The van der Waals surface area contributed by atoms with Crippen LogP contribution in [0.5, 0.6) is 0 Å². The lowest BCUT2D eigenvalue weighted by atomic mass is 10.2. The van der Waals surface area contributed by atoms with E-state index in [0.29, 0.717) is 0 Å². The van der Waals surface area contributed by atoms with Crippen LogP contribution in [0.2, 0.25) is 0 Å². The van der Waals surface area contributed by atoms with Gasteiger partial charge in [-0.05, 0) is 46.2 Å². The van der Waals surface area contributed by atoms with E-state index < -0.39 is 0 Å². The molecule has 0 rings (SSSR count). The average molecular weight is 258 g/mol. The lowest BCUT2D eigenvalue weighted by molar-refractivity contribution is -0.125. The van der Waals surface area contributed by atoms with Gasteiger partial charge in [0.2, 0.25) is 5.91 Å². The van der Waals surface area contributed by atoms with E-state index in [9.17, 15) is 4.79 Å². The van der Waals surface area contributed by atoms with Gasteiger partial charge < -0.3 is 10.4 Å². The van der Waals surface area contributed by atoms with Gasteiger partial charge in [-0.2, -0.15) is 0 Å². The van der Waals surface area contributed by atoms with Crippen molar-refractivity contribution in [1.82, 2.24) is 10.2 Å². The van der Waals surface area contributed by atoms with E-state index in [1.165, 1.54) is 12.8 Å². The molecule has 0 aromatic heterocycles. The van der Waals surface area contributed by atoms with Crippen LogP contribution in [0.15, 0.2) is 0 Å². The van der Waals surface area contributed by atoms with Crippen molar-refractivity contribution in [2.75, 3.05) is 26.7 Å². The minimum atomic E-state index is -0.0687. The molecule has 1 amide bonds. The predicted molar refractivity (Wildman–Crippen MR) is 75.6 cm³/mol. The molecule has 0 heterocycles. The van der Waals surface area contributed by atoms with Crippen molar-refractivity contribution in [2.24, 2.45) is 0 Å². The summed E-state index contributed by atoms with van der Waals surface area (Å²) < 4.78 is 0. The maximum absolute atomic E-state index is 11.8. The molecule has 18 heavy (non-hydrogen) atoms. The summed E-state index contributed by atoms with van der Waals surface area (Å²) in [6.45, 7) is 6.06. The summed E-state index contributed by atoms with van der Waals surface area (Å²) in [5.74, 6) is 0.121. The van der Waals surface area contributed by atoms with Gasteiger partial charge in [-0.15, -0.1) is 0 Å². The Balaban J connectivity index is 3.68. The first-order valence-electron chi connectivity index (χ1n) is 7.22. The van der Waals surface area contributed by atoms with Crippen LogP contribution in [-0.4, -0.2) is 48.7 Å². The first-order valence-corrected chi connectivity index (χ1v) is 7.22. The number of nitrogens with one attached hydrogen (secondary N) is 1. The highest BCUT2D eigenvalue weighted by molar-refractivity contribution is 5.81. The van der Waals surface area contributed by atoms with E-state index in [1.807, 2.05) is 14.0 Å². The van der Waals surface area contributed by atoms with Crippen LogP contribution in [0.4, 0.5) is 0 Å². The van der Waals surface area contributed by atoms with Gasteiger partial charge in [-0.3, -0.25) is 9.69 Å². The van der Waals surface area contributed by atoms with Crippen molar-refractivity contribution in [3.05, 3.63) is 0 Å². The second-order valence-corrected chi connectivity index (χ2v) is 4.94. The van der Waals surface area contributed by atoms with Crippen LogP contribution < -0.4 is 5.32 Å². The largest absolute Gasteiger partial charge is 0.396 e. The number of nitrogens with zero attached hydrogens (tertiary/aromatic N) is 1. The summed E-state index contributed by atoms with van der Waals surface area (Å²) in [6, 6.07) is -0.0687. The second-order valence-electron chi connectivity index (χ2n) is 4.94. The molecule has 0 spiro atoms. The third-order valence-corrected chi connectivity index (χ3v) is 3.29. The number of likely N-dealkylation sites (N-methyl/N-ethyl adjacent to an activating group) is 1. The van der Waals surface area contributed by atoms with Crippen LogP contribution in [0.1, 0.15) is 52.4 Å². The number of aliphatic hydroxyl groups excluding tert-OH is 1. The Morgan fingerprint density at radius 2 is 1.94 bits per heavy atom. The molecule has 1 unspecified atom stereocenters. The zero-order valence-electron chi connectivity index (χ0n) is 12.2. The van der Waals surface area contributed by atoms with Crippen LogP contribution in [0.25, 0.3) is 0 Å². The van der Waals surface area contributed by atoms with Gasteiger partial charge in [0.25, 0.3) is 0 Å². The van der Waals surface area contributed by atoms with E-state index in [1.54, 1.807) is 0 Å². The number of amides is 1. The van der Waals surface area contributed by atoms with Gasteiger partial charge in [0, 0.05) is 13.2 Å². The molecule has 0 radical (unpaired) electrons. The molecule has 4 nitrogen and oxygen atoms in total. The molecule has 0 bridgehead atoms. The summed E-state index contributed by atoms with van der Waals surface area (Å²) in [5.41, 5.74) is 0. The normalized spacial score (nSPS) is 12.7. The fourth-order valence-electron chi connectivity index (χ4n) is 1.78. The molecular formula is C14H30N2O2. The van der Waals surface area contributed by atoms with Crippen molar-refractivity contribution in [3.63, 3.8) is 0 Å². The Morgan fingerprint density at radius 3 is 2.56 bits per heavy atom. The highest BCUT2D eigenvalue weighted by Crippen LogP contribution is 2.01. The molecule has 0 saturated heterocycles. The molecule has 0 aliphatic rings. The molecule has 0 aromatic carbocycles. The van der Waals surface area contributed by atoms with Gasteiger partial charge in [-0.25, -0.2) is 0 Å². The quantitative estimate of drug-likeness (QED) is 0.555. The standard InChI is InChI=1S/C14H30N2O2/c1-4-5-7-10-15-14(18)13(2)16(3)11-8-6-9-12-17/h13,17H,4-12H2,1-3H3,(H,15,18). The number of rotatable bonds is 11. The zero-order chi connectivity index (χ0) is 13.8. The Hall–Kier alpha value is -0.610. The first kappa shape index (κ1) is 17.4.